The summed E-state index contributed by atoms with van der Waals surface area (Å²) in [7, 11) is 2.47. The summed E-state index contributed by atoms with van der Waals surface area (Å²) in [6.45, 7) is 10.1. The molecule has 0 aromatic heterocycles. The molecule has 8 aliphatic rings. The molecule has 0 aromatic rings. The van der Waals surface area contributed by atoms with Gasteiger partial charge in [-0.1, -0.05) is 0 Å². The number of rotatable bonds is 8. The van der Waals surface area contributed by atoms with E-state index in [1.54, 1.807) is 41.5 Å². The van der Waals surface area contributed by atoms with Gasteiger partial charge in [0.2, 0.25) is 23.6 Å². The van der Waals surface area contributed by atoms with Crippen LogP contribution >= 0.6 is 0 Å². The average molecular weight is 771 g/mol. The first-order valence-corrected chi connectivity index (χ1v) is 19.3. The Bertz CT molecular complexity index is 1590. The van der Waals surface area contributed by atoms with Gasteiger partial charge >= 0.3 is 24.1 Å². The van der Waals surface area contributed by atoms with Crippen molar-refractivity contribution in [1.82, 2.24) is 20.4 Å². The van der Waals surface area contributed by atoms with E-state index in [1.165, 1.54) is 14.2 Å². The first kappa shape index (κ1) is 37.6. The lowest BCUT2D eigenvalue weighted by atomic mass is 9.47. The van der Waals surface area contributed by atoms with Crippen LogP contribution in [0.3, 0.4) is 0 Å². The number of imide groups is 2. The van der Waals surface area contributed by atoms with Crippen molar-refractivity contribution in [2.24, 2.45) is 71.0 Å². The van der Waals surface area contributed by atoms with E-state index in [-0.39, 0.29) is 26.2 Å². The summed E-state index contributed by atoms with van der Waals surface area (Å²) < 4.78 is 28.4. The molecule has 4 saturated heterocycles. The van der Waals surface area contributed by atoms with E-state index in [2.05, 4.69) is 10.6 Å². The number of fused-ring (bicyclic) bond motifs is 22. The fraction of sp³-hybridized carbons (Fsp3) is 0.789. The molecule has 2 N–H and O–H groups in total. The number of likely N-dealkylation sites (tertiary alicyclic amines) is 2. The van der Waals surface area contributed by atoms with Gasteiger partial charge in [0.05, 0.1) is 37.9 Å². The first-order chi connectivity index (χ1) is 25.7. The third-order valence-electron chi connectivity index (χ3n) is 13.9. The number of nitrogens with one attached hydrogen (secondary N) is 2. The summed E-state index contributed by atoms with van der Waals surface area (Å²) in [5.74, 6) is -11.0. The van der Waals surface area contributed by atoms with Crippen LogP contribution in [0.2, 0.25) is 0 Å². The number of hydrogen-bond acceptors (Lipinski definition) is 13. The number of hydrogen-bond donors (Lipinski definition) is 2. The Morgan fingerprint density at radius 3 is 1.15 bits per heavy atom. The molecule has 8 rings (SSSR count). The van der Waals surface area contributed by atoms with Gasteiger partial charge in [0.25, 0.3) is 0 Å². The molecule has 4 saturated carbocycles. The van der Waals surface area contributed by atoms with Gasteiger partial charge in [-0.15, -0.1) is 0 Å². The first-order valence-electron chi connectivity index (χ1n) is 19.3. The van der Waals surface area contributed by atoms with E-state index in [0.29, 0.717) is 12.8 Å². The smallest absolute Gasteiger partial charge is 0.407 e. The highest BCUT2D eigenvalue weighted by Crippen LogP contribution is 2.83. The predicted molar refractivity (Wildman–Crippen MR) is 184 cm³/mol. The molecule has 300 valence electrons. The largest absolute Gasteiger partial charge is 0.467 e. The highest BCUT2D eigenvalue weighted by atomic mass is 16.6. The summed E-state index contributed by atoms with van der Waals surface area (Å²) in [4.78, 5) is 112. The molecule has 17 heteroatoms. The molecule has 4 heterocycles. The Labute approximate surface area is 318 Å². The lowest BCUT2D eigenvalue weighted by Gasteiger charge is -2.51. The van der Waals surface area contributed by atoms with Gasteiger partial charge in [-0.3, -0.25) is 29.0 Å². The number of amides is 6. The van der Waals surface area contributed by atoms with Gasteiger partial charge in [0.15, 0.2) is 11.2 Å². The summed E-state index contributed by atoms with van der Waals surface area (Å²) in [6.07, 6.45) is -0.548. The Balaban J connectivity index is 1.09. The van der Waals surface area contributed by atoms with E-state index in [1.807, 2.05) is 0 Å². The molecule has 8 fully saturated rings. The SMILES string of the molecule is COC(=O)C12OC(C(=O)OC)(C3C1[C@@H]1C[C@H]3[C@@H]3C(=O)N(CCNC(=O)OC(C)(C)C)C(=O)[C@@H]31)C1C2[C@H]2C[C@@H]1[C@H]1C(=O)N(CCNC(=O)OC(C)(C)C)C(=O)[C@H]12. The van der Waals surface area contributed by atoms with Crippen LogP contribution in [0.5, 0.6) is 0 Å². The minimum absolute atomic E-state index is 0.0260. The Kier molecular flexibility index (Phi) is 8.29. The maximum atomic E-state index is 14.4. The molecule has 6 bridgehead atoms. The van der Waals surface area contributed by atoms with Crippen LogP contribution in [0.4, 0.5) is 9.59 Å². The van der Waals surface area contributed by atoms with Gasteiger partial charge in [-0.05, 0) is 78.1 Å². The van der Waals surface area contributed by atoms with Crippen molar-refractivity contribution in [2.45, 2.75) is 76.8 Å². The quantitative estimate of drug-likeness (QED) is 0.200. The zero-order valence-electron chi connectivity index (χ0n) is 32.4. The second-order valence-corrected chi connectivity index (χ2v) is 18.5. The minimum atomic E-state index is -1.73. The highest BCUT2D eigenvalue weighted by molar-refractivity contribution is 6.08. The molecule has 6 amide bonds. The van der Waals surface area contributed by atoms with Crippen LogP contribution in [0.1, 0.15) is 54.4 Å². The zero-order valence-corrected chi connectivity index (χ0v) is 32.4. The van der Waals surface area contributed by atoms with Crippen molar-refractivity contribution < 1.29 is 62.0 Å². The van der Waals surface area contributed by atoms with Gasteiger partial charge in [-0.2, -0.15) is 0 Å². The van der Waals surface area contributed by atoms with E-state index in [9.17, 15) is 38.4 Å². The Morgan fingerprint density at radius 1 is 0.600 bits per heavy atom. The number of ether oxygens (including phenoxy) is 5. The fourth-order valence-electron chi connectivity index (χ4n) is 13.0. The monoisotopic (exact) mass is 770 g/mol. The Morgan fingerprint density at radius 2 is 0.891 bits per heavy atom. The standard InChI is InChI=1S/C38H50N4O13/c1-35(2,3)53-33(49)39-9-11-41-27(43)19-15-13-16(20(19)28(41)44)24-23(15)37(31(47)51-7)25-17-14-18(26(25)38(24,55-37)32(48)52-8)22-21(17)29(45)42(30(22)46)12-10-40-34(50)54-36(4,5)6/h15-26H,9-14H2,1-8H3,(H,39,49)(H,40,50)/t15-,16+,17+,18-,19-,20+,21+,22-,23?,24?,25?,26?,37?,38?. The van der Waals surface area contributed by atoms with E-state index in [4.69, 9.17) is 23.7 Å². The third-order valence-corrected chi connectivity index (χ3v) is 13.9. The third kappa shape index (κ3) is 4.92. The molecule has 4 aliphatic carbocycles. The highest BCUT2D eigenvalue weighted by Gasteiger charge is 2.93. The van der Waals surface area contributed by atoms with Crippen molar-refractivity contribution >= 4 is 47.8 Å². The molecule has 4 aliphatic heterocycles. The maximum Gasteiger partial charge on any atom is 0.407 e. The number of methoxy groups -OCH3 is 2. The minimum Gasteiger partial charge on any atom is -0.467 e. The molecule has 0 spiro atoms. The average Bonchev–Trinajstić information content (AvgIpc) is 3.95. The fourth-order valence-corrected chi connectivity index (χ4v) is 13.0. The summed E-state index contributed by atoms with van der Waals surface area (Å²) in [5, 5.41) is 5.19. The molecular weight excluding hydrogens is 720 g/mol. The van der Waals surface area contributed by atoms with Crippen LogP contribution in [-0.4, -0.2) is 120 Å². The number of carbonyl (C=O) groups is 8. The number of esters is 2. The summed E-state index contributed by atoms with van der Waals surface area (Å²) in [6, 6.07) is 0. The van der Waals surface area contributed by atoms with Crippen molar-refractivity contribution in [3.63, 3.8) is 0 Å². The van der Waals surface area contributed by atoms with Gasteiger partial charge in [0, 0.05) is 49.9 Å². The van der Waals surface area contributed by atoms with Crippen molar-refractivity contribution in [3.8, 4) is 0 Å². The topological polar surface area (TPSA) is 213 Å². The van der Waals surface area contributed by atoms with Crippen LogP contribution in [0.25, 0.3) is 0 Å². The molecule has 0 aromatic carbocycles. The lowest BCUT2D eigenvalue weighted by Crippen LogP contribution is -2.64. The van der Waals surface area contributed by atoms with E-state index in [0.717, 1.165) is 9.80 Å². The molecule has 14 atom stereocenters. The molecule has 17 nitrogen and oxygen atoms in total. The number of nitrogens with zero attached hydrogens (tertiary/aromatic N) is 2. The van der Waals surface area contributed by atoms with Crippen molar-refractivity contribution in [2.75, 3.05) is 40.4 Å². The predicted octanol–water partition coefficient (Wildman–Crippen LogP) is 0.870. The van der Waals surface area contributed by atoms with E-state index < -0.39 is 141 Å². The summed E-state index contributed by atoms with van der Waals surface area (Å²) in [5.41, 5.74) is -4.92. The lowest BCUT2D eigenvalue weighted by molar-refractivity contribution is -0.188. The molecular formula is C38H50N4O13. The van der Waals surface area contributed by atoms with Gasteiger partial charge < -0.3 is 34.3 Å². The Hall–Kier alpha value is -4.28. The van der Waals surface area contributed by atoms with Crippen molar-refractivity contribution in [1.29, 1.82) is 0 Å². The van der Waals surface area contributed by atoms with Gasteiger partial charge in [0.1, 0.15) is 11.2 Å². The van der Waals surface area contributed by atoms with Crippen LogP contribution in [0, 0.1) is 71.0 Å². The van der Waals surface area contributed by atoms with E-state index >= 15 is 0 Å². The zero-order chi connectivity index (χ0) is 39.9. The molecule has 0 radical (unpaired) electrons. The summed E-state index contributed by atoms with van der Waals surface area (Å²) >= 11 is 0. The molecule has 55 heavy (non-hydrogen) atoms. The van der Waals surface area contributed by atoms with Crippen LogP contribution in [0.15, 0.2) is 0 Å². The number of alkyl carbamates (subject to hydrolysis) is 2. The number of carbonyl (C=O) groups excluding carboxylic acids is 8. The van der Waals surface area contributed by atoms with Crippen LogP contribution in [-0.2, 0) is 52.5 Å². The second kappa shape index (κ2) is 12.1. The van der Waals surface area contributed by atoms with Gasteiger partial charge in [-0.25, -0.2) is 19.2 Å². The van der Waals surface area contributed by atoms with Crippen LogP contribution < -0.4 is 10.6 Å². The van der Waals surface area contributed by atoms with Crippen molar-refractivity contribution in [3.05, 3.63) is 0 Å². The normalized spacial score (nSPS) is 41.3. The second-order valence-electron chi connectivity index (χ2n) is 18.5. The maximum absolute atomic E-state index is 14.4. The molecule has 6 unspecified atom stereocenters.